The third kappa shape index (κ3) is 6.28. The Hall–Kier alpha value is -3.95. The van der Waals surface area contributed by atoms with Gasteiger partial charge in [0.1, 0.15) is 23.9 Å². The Morgan fingerprint density at radius 1 is 1.03 bits per heavy atom. The number of carbonyl (C=O) groups excluding carboxylic acids is 2. The summed E-state index contributed by atoms with van der Waals surface area (Å²) in [7, 11) is 0. The summed E-state index contributed by atoms with van der Waals surface area (Å²) in [5.74, 6) is -2.66. The van der Waals surface area contributed by atoms with Crippen LogP contribution in [0.1, 0.15) is 37.5 Å². The Balaban J connectivity index is 1.57. The molecule has 0 fully saturated rings. The van der Waals surface area contributed by atoms with Gasteiger partial charge in [0, 0.05) is 12.7 Å². The van der Waals surface area contributed by atoms with Gasteiger partial charge in [-0.05, 0) is 53.9 Å². The number of alkyl halides is 3. The fourth-order valence-corrected chi connectivity index (χ4v) is 3.00. The van der Waals surface area contributed by atoms with Crippen LogP contribution in [0.25, 0.3) is 0 Å². The number of hydrogen-bond acceptors (Lipinski definition) is 4. The SMILES string of the molecule is NC(=O)c1cc(COc2cccc(CCNC(=O)c3cccc(C(F)(F)F)c3F)c2)ccn1. The van der Waals surface area contributed by atoms with Crippen LogP contribution in [0.4, 0.5) is 17.6 Å². The monoisotopic (exact) mass is 461 g/mol. The molecule has 33 heavy (non-hydrogen) atoms. The smallest absolute Gasteiger partial charge is 0.419 e. The summed E-state index contributed by atoms with van der Waals surface area (Å²) in [5, 5.41) is 2.42. The van der Waals surface area contributed by atoms with Crippen LogP contribution in [0, 0.1) is 5.82 Å². The first-order chi connectivity index (χ1) is 15.6. The van der Waals surface area contributed by atoms with Crippen molar-refractivity contribution >= 4 is 11.8 Å². The number of halogens is 4. The normalized spacial score (nSPS) is 11.2. The Morgan fingerprint density at radius 2 is 1.79 bits per heavy atom. The van der Waals surface area contributed by atoms with E-state index in [1.165, 1.54) is 12.3 Å². The molecule has 0 aliphatic heterocycles. The quantitative estimate of drug-likeness (QED) is 0.498. The Morgan fingerprint density at radius 3 is 2.52 bits per heavy atom. The molecule has 0 saturated carbocycles. The Bertz CT molecular complexity index is 1170. The van der Waals surface area contributed by atoms with E-state index < -0.39 is 34.9 Å². The molecule has 6 nitrogen and oxygen atoms in total. The standard InChI is InChI=1S/C23H19F4N3O3/c24-20-17(5-2-6-18(20)23(25,26)27)22(32)30-10-7-14-3-1-4-16(11-14)33-13-15-8-9-29-19(12-15)21(28)31/h1-6,8-9,11-12H,7,10,13H2,(H2,28,31)(H,30,32). The van der Waals surface area contributed by atoms with E-state index in [1.54, 1.807) is 30.3 Å². The van der Waals surface area contributed by atoms with Crippen molar-refractivity contribution in [1.82, 2.24) is 10.3 Å². The molecular formula is C23H19F4N3O3. The van der Waals surface area contributed by atoms with Gasteiger partial charge < -0.3 is 15.8 Å². The molecule has 0 aliphatic rings. The Labute approximate surface area is 186 Å². The zero-order chi connectivity index (χ0) is 24.0. The number of ether oxygens (including phenoxy) is 1. The van der Waals surface area contributed by atoms with Crippen LogP contribution in [0.2, 0.25) is 0 Å². The predicted molar refractivity (Wildman–Crippen MR) is 111 cm³/mol. The molecule has 0 radical (unpaired) electrons. The van der Waals surface area contributed by atoms with E-state index in [-0.39, 0.29) is 18.8 Å². The lowest BCUT2D eigenvalue weighted by Crippen LogP contribution is -2.27. The number of amides is 2. The van der Waals surface area contributed by atoms with E-state index in [9.17, 15) is 27.2 Å². The van der Waals surface area contributed by atoms with Crippen LogP contribution in [0.3, 0.4) is 0 Å². The first kappa shape index (κ1) is 23.7. The summed E-state index contributed by atoms with van der Waals surface area (Å²) in [4.78, 5) is 27.2. The minimum Gasteiger partial charge on any atom is -0.489 e. The van der Waals surface area contributed by atoms with Gasteiger partial charge in [0.15, 0.2) is 0 Å². The fraction of sp³-hybridized carbons (Fsp3) is 0.174. The number of nitrogens with one attached hydrogen (secondary N) is 1. The van der Waals surface area contributed by atoms with Crippen LogP contribution in [0.5, 0.6) is 5.75 Å². The molecule has 3 rings (SSSR count). The van der Waals surface area contributed by atoms with Gasteiger partial charge >= 0.3 is 6.18 Å². The number of rotatable bonds is 8. The van der Waals surface area contributed by atoms with E-state index in [0.29, 0.717) is 23.8 Å². The van der Waals surface area contributed by atoms with Crippen molar-refractivity contribution in [3.63, 3.8) is 0 Å². The average Bonchev–Trinajstić information content (AvgIpc) is 2.77. The van der Waals surface area contributed by atoms with Gasteiger partial charge in [-0.2, -0.15) is 13.2 Å². The van der Waals surface area contributed by atoms with Crippen molar-refractivity contribution < 1.29 is 31.9 Å². The van der Waals surface area contributed by atoms with Crippen LogP contribution in [-0.4, -0.2) is 23.3 Å². The van der Waals surface area contributed by atoms with Crippen LogP contribution >= 0.6 is 0 Å². The number of pyridine rings is 1. The summed E-state index contributed by atoms with van der Waals surface area (Å²) in [6, 6.07) is 12.7. The van der Waals surface area contributed by atoms with E-state index >= 15 is 0 Å². The first-order valence-electron chi connectivity index (χ1n) is 9.75. The molecule has 0 spiro atoms. The van der Waals surface area contributed by atoms with Gasteiger partial charge in [0.05, 0.1) is 11.1 Å². The molecule has 2 amide bonds. The lowest BCUT2D eigenvalue weighted by molar-refractivity contribution is -0.140. The number of nitrogens with zero attached hydrogens (tertiary/aromatic N) is 1. The minimum atomic E-state index is -4.89. The van der Waals surface area contributed by atoms with Crippen molar-refractivity contribution in [2.24, 2.45) is 5.73 Å². The molecule has 0 aliphatic carbocycles. The lowest BCUT2D eigenvalue weighted by Gasteiger charge is -2.12. The summed E-state index contributed by atoms with van der Waals surface area (Å²) in [6.07, 6.45) is -3.10. The second kappa shape index (κ2) is 10.1. The number of hydrogen-bond donors (Lipinski definition) is 2. The maximum Gasteiger partial charge on any atom is 0.419 e. The summed E-state index contributed by atoms with van der Waals surface area (Å²) >= 11 is 0. The van der Waals surface area contributed by atoms with Gasteiger partial charge in [0.25, 0.3) is 11.8 Å². The Kier molecular flexibility index (Phi) is 7.27. The topological polar surface area (TPSA) is 94.3 Å². The molecule has 0 saturated heterocycles. The van der Waals surface area contributed by atoms with E-state index in [4.69, 9.17) is 10.5 Å². The van der Waals surface area contributed by atoms with Gasteiger partial charge in [-0.3, -0.25) is 14.6 Å². The molecule has 172 valence electrons. The molecule has 3 N–H and O–H groups in total. The van der Waals surface area contributed by atoms with E-state index in [1.807, 2.05) is 0 Å². The molecule has 1 aromatic heterocycles. The van der Waals surface area contributed by atoms with Crippen molar-refractivity contribution in [3.8, 4) is 5.75 Å². The van der Waals surface area contributed by atoms with Gasteiger partial charge in [-0.1, -0.05) is 18.2 Å². The van der Waals surface area contributed by atoms with Crippen LogP contribution in [0.15, 0.2) is 60.8 Å². The van der Waals surface area contributed by atoms with Crippen LogP contribution in [-0.2, 0) is 19.2 Å². The lowest BCUT2D eigenvalue weighted by atomic mass is 10.1. The molecule has 0 bridgehead atoms. The molecule has 1 heterocycles. The maximum absolute atomic E-state index is 14.1. The predicted octanol–water partition coefficient (Wildman–Crippen LogP) is 3.89. The number of benzene rings is 2. The van der Waals surface area contributed by atoms with Crippen molar-refractivity contribution in [1.29, 1.82) is 0 Å². The number of carbonyl (C=O) groups is 2. The number of nitrogens with two attached hydrogens (primary N) is 1. The molecule has 3 aromatic rings. The van der Waals surface area contributed by atoms with Gasteiger partial charge in [0.2, 0.25) is 0 Å². The summed E-state index contributed by atoms with van der Waals surface area (Å²) < 4.78 is 58.3. The van der Waals surface area contributed by atoms with E-state index in [0.717, 1.165) is 17.7 Å². The fourth-order valence-electron chi connectivity index (χ4n) is 3.00. The highest BCUT2D eigenvalue weighted by molar-refractivity contribution is 5.94. The zero-order valence-electron chi connectivity index (χ0n) is 17.2. The first-order valence-corrected chi connectivity index (χ1v) is 9.75. The van der Waals surface area contributed by atoms with Gasteiger partial charge in [-0.15, -0.1) is 0 Å². The van der Waals surface area contributed by atoms with Gasteiger partial charge in [-0.25, -0.2) is 4.39 Å². The summed E-state index contributed by atoms with van der Waals surface area (Å²) in [5.41, 5.74) is 4.65. The van der Waals surface area contributed by atoms with E-state index in [2.05, 4.69) is 10.3 Å². The third-order valence-electron chi connectivity index (χ3n) is 4.63. The minimum absolute atomic E-state index is 0.0737. The maximum atomic E-state index is 14.1. The van der Waals surface area contributed by atoms with Crippen LogP contribution < -0.4 is 15.8 Å². The molecular weight excluding hydrogens is 442 g/mol. The number of aromatic nitrogens is 1. The molecule has 2 aromatic carbocycles. The highest BCUT2D eigenvalue weighted by Crippen LogP contribution is 2.32. The highest BCUT2D eigenvalue weighted by atomic mass is 19.4. The highest BCUT2D eigenvalue weighted by Gasteiger charge is 2.35. The average molecular weight is 461 g/mol. The molecule has 10 heteroatoms. The largest absolute Gasteiger partial charge is 0.489 e. The number of primary amides is 1. The molecule has 0 unspecified atom stereocenters. The third-order valence-corrected chi connectivity index (χ3v) is 4.63. The second-order valence-corrected chi connectivity index (χ2v) is 7.02. The molecule has 0 atom stereocenters. The van der Waals surface area contributed by atoms with Crippen molar-refractivity contribution in [3.05, 3.63) is 94.6 Å². The zero-order valence-corrected chi connectivity index (χ0v) is 17.2. The second-order valence-electron chi connectivity index (χ2n) is 7.02. The van der Waals surface area contributed by atoms with Crippen molar-refractivity contribution in [2.45, 2.75) is 19.2 Å². The summed E-state index contributed by atoms with van der Waals surface area (Å²) in [6.45, 7) is 0.238. The van der Waals surface area contributed by atoms with Crippen molar-refractivity contribution in [2.75, 3.05) is 6.54 Å².